The SMILES string of the molecule is Cl.O=C(O)CCN1CCCC(NS(=O)(=O)c2ccccc2)C1. The van der Waals surface area contributed by atoms with E-state index in [1.54, 1.807) is 30.3 Å². The van der Waals surface area contributed by atoms with E-state index in [1.165, 1.54) is 0 Å². The van der Waals surface area contributed by atoms with Crippen LogP contribution in [0.15, 0.2) is 35.2 Å². The summed E-state index contributed by atoms with van der Waals surface area (Å²) in [6.45, 7) is 1.83. The quantitative estimate of drug-likeness (QED) is 0.809. The van der Waals surface area contributed by atoms with Crippen LogP contribution in [0.1, 0.15) is 19.3 Å². The molecule has 0 aliphatic carbocycles. The third kappa shape index (κ3) is 5.57. The van der Waals surface area contributed by atoms with Crippen LogP contribution in [-0.2, 0) is 14.8 Å². The first-order valence-electron chi connectivity index (χ1n) is 6.99. The third-order valence-corrected chi connectivity index (χ3v) is 5.06. The average Bonchev–Trinajstić information content (AvgIpc) is 2.46. The van der Waals surface area contributed by atoms with Gasteiger partial charge in [0.05, 0.1) is 11.3 Å². The standard InChI is InChI=1S/C14H20N2O4S.ClH/c17-14(18)8-10-16-9-4-5-12(11-16)15-21(19,20)13-6-2-1-3-7-13;/h1-3,6-7,12,15H,4-5,8-11H2,(H,17,18);1H. The van der Waals surface area contributed by atoms with Gasteiger partial charge >= 0.3 is 5.97 Å². The summed E-state index contributed by atoms with van der Waals surface area (Å²) in [6.07, 6.45) is 1.72. The van der Waals surface area contributed by atoms with Crippen LogP contribution in [-0.4, -0.2) is 50.1 Å². The summed E-state index contributed by atoms with van der Waals surface area (Å²) < 4.78 is 27.2. The Morgan fingerprint density at radius 1 is 1.32 bits per heavy atom. The first-order chi connectivity index (χ1) is 9.97. The fourth-order valence-electron chi connectivity index (χ4n) is 2.50. The maximum absolute atomic E-state index is 12.2. The predicted octanol–water partition coefficient (Wildman–Crippen LogP) is 1.33. The van der Waals surface area contributed by atoms with E-state index in [4.69, 9.17) is 5.11 Å². The fourth-order valence-corrected chi connectivity index (χ4v) is 3.78. The second-order valence-electron chi connectivity index (χ2n) is 5.22. The highest BCUT2D eigenvalue weighted by atomic mass is 35.5. The number of hydrogen-bond donors (Lipinski definition) is 2. The third-order valence-electron chi connectivity index (χ3n) is 3.52. The molecular formula is C14H21ClN2O4S. The number of rotatable bonds is 6. The molecule has 1 unspecified atom stereocenters. The van der Waals surface area contributed by atoms with Gasteiger partial charge in [-0.25, -0.2) is 13.1 Å². The minimum Gasteiger partial charge on any atom is -0.481 e. The Hall–Kier alpha value is -1.15. The van der Waals surface area contributed by atoms with Gasteiger partial charge < -0.3 is 10.0 Å². The molecule has 1 saturated heterocycles. The number of carboxylic acids is 1. The molecule has 0 aromatic heterocycles. The summed E-state index contributed by atoms with van der Waals surface area (Å²) in [7, 11) is -3.51. The van der Waals surface area contributed by atoms with Gasteiger partial charge in [0.1, 0.15) is 0 Å². The minimum atomic E-state index is -3.51. The van der Waals surface area contributed by atoms with Crippen LogP contribution < -0.4 is 4.72 Å². The van der Waals surface area contributed by atoms with Crippen molar-refractivity contribution in [2.45, 2.75) is 30.2 Å². The van der Waals surface area contributed by atoms with Crippen molar-refractivity contribution < 1.29 is 18.3 Å². The maximum Gasteiger partial charge on any atom is 0.304 e. The summed E-state index contributed by atoms with van der Waals surface area (Å²) in [5.74, 6) is -0.831. The number of likely N-dealkylation sites (tertiary alicyclic amines) is 1. The van der Waals surface area contributed by atoms with E-state index < -0.39 is 16.0 Å². The van der Waals surface area contributed by atoms with E-state index in [1.807, 2.05) is 4.90 Å². The average molecular weight is 349 g/mol. The van der Waals surface area contributed by atoms with E-state index in [9.17, 15) is 13.2 Å². The molecule has 8 heteroatoms. The van der Waals surface area contributed by atoms with E-state index in [0.717, 1.165) is 19.4 Å². The molecular weight excluding hydrogens is 328 g/mol. The lowest BCUT2D eigenvalue weighted by Gasteiger charge is -2.32. The molecule has 2 N–H and O–H groups in total. The van der Waals surface area contributed by atoms with Crippen LogP contribution in [0.4, 0.5) is 0 Å². The zero-order chi connectivity index (χ0) is 15.3. The smallest absolute Gasteiger partial charge is 0.304 e. The van der Waals surface area contributed by atoms with Crippen LogP contribution in [0.5, 0.6) is 0 Å². The van der Waals surface area contributed by atoms with E-state index >= 15 is 0 Å². The Kier molecular flexibility index (Phi) is 7.28. The van der Waals surface area contributed by atoms with Crippen LogP contribution >= 0.6 is 12.4 Å². The predicted molar refractivity (Wildman–Crippen MR) is 85.7 cm³/mol. The Bertz CT molecular complexity index is 580. The number of benzene rings is 1. The number of hydrogen-bond acceptors (Lipinski definition) is 4. The molecule has 2 rings (SSSR count). The highest BCUT2D eigenvalue weighted by molar-refractivity contribution is 7.89. The largest absolute Gasteiger partial charge is 0.481 e. The Balaban J connectivity index is 0.00000242. The van der Waals surface area contributed by atoms with Gasteiger partial charge in [-0.1, -0.05) is 18.2 Å². The van der Waals surface area contributed by atoms with Gasteiger partial charge in [0.2, 0.25) is 10.0 Å². The molecule has 1 aliphatic rings. The number of carbonyl (C=O) groups is 1. The number of carboxylic acid groups (broad SMARTS) is 1. The molecule has 0 spiro atoms. The number of nitrogens with zero attached hydrogens (tertiary/aromatic N) is 1. The zero-order valence-corrected chi connectivity index (χ0v) is 13.8. The van der Waals surface area contributed by atoms with E-state index in [-0.39, 0.29) is 29.8 Å². The van der Waals surface area contributed by atoms with Crippen molar-refractivity contribution in [1.82, 2.24) is 9.62 Å². The molecule has 1 aromatic rings. The van der Waals surface area contributed by atoms with Crippen LogP contribution in [0.25, 0.3) is 0 Å². The highest BCUT2D eigenvalue weighted by Crippen LogP contribution is 2.14. The second kappa shape index (κ2) is 8.47. The minimum absolute atomic E-state index is 0. The molecule has 1 fully saturated rings. The molecule has 0 radical (unpaired) electrons. The molecule has 6 nitrogen and oxygen atoms in total. The van der Waals surface area contributed by atoms with Crippen molar-refractivity contribution >= 4 is 28.4 Å². The molecule has 0 saturated carbocycles. The molecule has 1 heterocycles. The topological polar surface area (TPSA) is 86.7 Å². The molecule has 1 atom stereocenters. The van der Waals surface area contributed by atoms with Gasteiger partial charge in [-0.15, -0.1) is 12.4 Å². The molecule has 0 amide bonds. The van der Waals surface area contributed by atoms with E-state index in [2.05, 4.69) is 4.72 Å². The normalized spacial score (nSPS) is 19.4. The first kappa shape index (κ1) is 18.9. The first-order valence-corrected chi connectivity index (χ1v) is 8.47. The van der Waals surface area contributed by atoms with Crippen molar-refractivity contribution in [2.75, 3.05) is 19.6 Å². The lowest BCUT2D eigenvalue weighted by Crippen LogP contribution is -2.48. The van der Waals surface area contributed by atoms with Crippen LogP contribution in [0.2, 0.25) is 0 Å². The molecule has 1 aliphatic heterocycles. The summed E-state index contributed by atoms with van der Waals surface area (Å²) >= 11 is 0. The van der Waals surface area contributed by atoms with Crippen molar-refractivity contribution in [1.29, 1.82) is 0 Å². The summed E-state index contributed by atoms with van der Waals surface area (Å²) in [5.41, 5.74) is 0. The summed E-state index contributed by atoms with van der Waals surface area (Å²) in [6, 6.07) is 8.11. The van der Waals surface area contributed by atoms with Gasteiger partial charge in [0.25, 0.3) is 0 Å². The van der Waals surface area contributed by atoms with Crippen molar-refractivity contribution in [2.24, 2.45) is 0 Å². The van der Waals surface area contributed by atoms with E-state index in [0.29, 0.717) is 13.1 Å². The lowest BCUT2D eigenvalue weighted by atomic mass is 10.1. The summed E-state index contributed by atoms with van der Waals surface area (Å²) in [4.78, 5) is 12.9. The van der Waals surface area contributed by atoms with Crippen LogP contribution in [0, 0.1) is 0 Å². The van der Waals surface area contributed by atoms with Crippen molar-refractivity contribution in [3.05, 3.63) is 30.3 Å². The van der Waals surface area contributed by atoms with Gasteiger partial charge in [0, 0.05) is 19.1 Å². The molecule has 0 bridgehead atoms. The molecule has 124 valence electrons. The second-order valence-corrected chi connectivity index (χ2v) is 6.93. The van der Waals surface area contributed by atoms with Crippen LogP contribution in [0.3, 0.4) is 0 Å². The number of halogens is 1. The van der Waals surface area contributed by atoms with Gasteiger partial charge in [0.15, 0.2) is 0 Å². The number of sulfonamides is 1. The maximum atomic E-state index is 12.2. The zero-order valence-electron chi connectivity index (χ0n) is 12.1. The van der Waals surface area contributed by atoms with Gasteiger partial charge in [-0.05, 0) is 31.5 Å². The molecule has 1 aromatic carbocycles. The highest BCUT2D eigenvalue weighted by Gasteiger charge is 2.25. The number of piperidine rings is 1. The Morgan fingerprint density at radius 2 is 2.00 bits per heavy atom. The van der Waals surface area contributed by atoms with Gasteiger partial charge in [-0.2, -0.15) is 0 Å². The number of nitrogens with one attached hydrogen (secondary N) is 1. The number of aliphatic carboxylic acids is 1. The van der Waals surface area contributed by atoms with Gasteiger partial charge in [-0.3, -0.25) is 4.79 Å². The monoisotopic (exact) mass is 348 g/mol. The Morgan fingerprint density at radius 3 is 2.64 bits per heavy atom. The lowest BCUT2D eigenvalue weighted by molar-refractivity contribution is -0.137. The summed E-state index contributed by atoms with van der Waals surface area (Å²) in [5, 5.41) is 8.71. The fraction of sp³-hybridized carbons (Fsp3) is 0.500. The Labute approximate surface area is 137 Å². The molecule has 22 heavy (non-hydrogen) atoms. The van der Waals surface area contributed by atoms with Crippen molar-refractivity contribution in [3.63, 3.8) is 0 Å². The van der Waals surface area contributed by atoms with Crippen molar-refractivity contribution in [3.8, 4) is 0 Å².